The molecule has 2 aromatic rings. The molecule has 2 aromatic heterocycles. The van der Waals surface area contributed by atoms with Crippen LogP contribution in [0.15, 0.2) is 35.0 Å². The minimum absolute atomic E-state index is 0.0572. The number of thiophene rings is 2. The average molecular weight is 322 g/mol. The Bertz CT molecular complexity index is 500. The van der Waals surface area contributed by atoms with Crippen molar-refractivity contribution >= 4 is 28.6 Å². The summed E-state index contributed by atoms with van der Waals surface area (Å²) in [4.78, 5) is 14.6. The van der Waals surface area contributed by atoms with Gasteiger partial charge in [0, 0.05) is 16.3 Å². The van der Waals surface area contributed by atoms with Gasteiger partial charge in [-0.3, -0.25) is 10.1 Å². The summed E-state index contributed by atoms with van der Waals surface area (Å²) in [6.07, 6.45) is 0. The molecule has 0 radical (unpaired) electrons. The summed E-state index contributed by atoms with van der Waals surface area (Å²) in [5.74, 6) is 0.522. The van der Waals surface area contributed by atoms with Gasteiger partial charge in [-0.25, -0.2) is 0 Å². The number of carbonyl (C=O) groups is 1. The number of rotatable bonds is 7. The molecule has 3 nitrogen and oxygen atoms in total. The zero-order valence-corrected chi connectivity index (χ0v) is 14.3. The van der Waals surface area contributed by atoms with Crippen LogP contribution in [-0.4, -0.2) is 18.5 Å². The van der Waals surface area contributed by atoms with Gasteiger partial charge in [0.15, 0.2) is 0 Å². The van der Waals surface area contributed by atoms with Gasteiger partial charge in [-0.1, -0.05) is 26.0 Å². The molecule has 0 aliphatic heterocycles. The topological polar surface area (TPSA) is 41.1 Å². The molecule has 0 aliphatic carbocycles. The molecule has 21 heavy (non-hydrogen) atoms. The summed E-state index contributed by atoms with van der Waals surface area (Å²) < 4.78 is 0. The first-order valence-electron chi connectivity index (χ1n) is 7.18. The molecule has 1 unspecified atom stereocenters. The van der Waals surface area contributed by atoms with E-state index in [-0.39, 0.29) is 18.0 Å². The van der Waals surface area contributed by atoms with Crippen LogP contribution >= 0.6 is 22.7 Å². The van der Waals surface area contributed by atoms with E-state index in [0.717, 1.165) is 0 Å². The van der Waals surface area contributed by atoms with E-state index in [9.17, 15) is 4.79 Å². The fourth-order valence-corrected chi connectivity index (χ4v) is 3.68. The van der Waals surface area contributed by atoms with Gasteiger partial charge in [-0.15, -0.1) is 22.7 Å². The lowest BCUT2D eigenvalue weighted by Crippen LogP contribution is -2.44. The first kappa shape index (κ1) is 16.2. The molecule has 0 fully saturated rings. The second-order valence-electron chi connectivity index (χ2n) is 5.49. The van der Waals surface area contributed by atoms with Crippen molar-refractivity contribution in [2.24, 2.45) is 5.92 Å². The lowest BCUT2D eigenvalue weighted by atomic mass is 10.1. The van der Waals surface area contributed by atoms with Gasteiger partial charge in [0.25, 0.3) is 0 Å². The average Bonchev–Trinajstić information content (AvgIpc) is 3.14. The minimum Gasteiger partial charge on any atom is -0.354 e. The van der Waals surface area contributed by atoms with Crippen molar-refractivity contribution in [3.05, 3.63) is 44.8 Å². The van der Waals surface area contributed by atoms with Gasteiger partial charge in [0.2, 0.25) is 5.91 Å². The van der Waals surface area contributed by atoms with Gasteiger partial charge in [0.05, 0.1) is 12.1 Å². The van der Waals surface area contributed by atoms with Crippen LogP contribution in [0.4, 0.5) is 0 Å². The lowest BCUT2D eigenvalue weighted by molar-refractivity contribution is -0.123. The van der Waals surface area contributed by atoms with Crippen LogP contribution in [0.25, 0.3) is 0 Å². The normalized spacial score (nSPS) is 12.8. The van der Waals surface area contributed by atoms with Crippen molar-refractivity contribution in [3.8, 4) is 0 Å². The molecule has 1 atom stereocenters. The summed E-state index contributed by atoms with van der Waals surface area (Å²) in [5, 5.41) is 10.6. The summed E-state index contributed by atoms with van der Waals surface area (Å²) >= 11 is 3.43. The molecule has 2 rings (SSSR count). The number of hydrogen-bond acceptors (Lipinski definition) is 4. The van der Waals surface area contributed by atoms with Crippen LogP contribution in [0.2, 0.25) is 0 Å². The standard InChI is InChI=1S/C16H22N2OS2/c1-11(2)10-17-16(19)12(3)18-15(13-6-4-8-20-13)14-7-5-9-21-14/h4-9,11-12,15,18H,10H2,1-3H3,(H,17,19). The number of hydrogen-bond donors (Lipinski definition) is 2. The third kappa shape index (κ3) is 4.66. The van der Waals surface area contributed by atoms with E-state index in [4.69, 9.17) is 0 Å². The van der Waals surface area contributed by atoms with Crippen molar-refractivity contribution in [2.45, 2.75) is 32.9 Å². The SMILES string of the molecule is CC(C)CNC(=O)C(C)NC(c1cccs1)c1cccs1. The van der Waals surface area contributed by atoms with E-state index in [1.807, 2.05) is 19.1 Å². The van der Waals surface area contributed by atoms with Gasteiger partial charge in [-0.05, 0) is 35.7 Å². The molecule has 0 spiro atoms. The predicted molar refractivity (Wildman–Crippen MR) is 90.9 cm³/mol. The highest BCUT2D eigenvalue weighted by molar-refractivity contribution is 7.11. The Labute approximate surface area is 134 Å². The molecule has 5 heteroatoms. The van der Waals surface area contributed by atoms with Crippen LogP contribution in [0.1, 0.15) is 36.6 Å². The number of carbonyl (C=O) groups excluding carboxylic acids is 1. The zero-order chi connectivity index (χ0) is 15.2. The second-order valence-corrected chi connectivity index (χ2v) is 7.45. The quantitative estimate of drug-likeness (QED) is 0.817. The number of nitrogens with one attached hydrogen (secondary N) is 2. The summed E-state index contributed by atoms with van der Waals surface area (Å²) in [6, 6.07) is 8.18. The summed E-state index contributed by atoms with van der Waals surface area (Å²) in [6.45, 7) is 6.83. The number of amides is 1. The molecule has 0 saturated heterocycles. The maximum atomic E-state index is 12.2. The molecular weight excluding hydrogens is 300 g/mol. The first-order chi connectivity index (χ1) is 10.1. The highest BCUT2D eigenvalue weighted by Crippen LogP contribution is 2.29. The van der Waals surface area contributed by atoms with Crippen LogP contribution in [0, 0.1) is 5.92 Å². The highest BCUT2D eigenvalue weighted by atomic mass is 32.1. The first-order valence-corrected chi connectivity index (χ1v) is 8.94. The Morgan fingerprint density at radius 1 is 1.10 bits per heavy atom. The van der Waals surface area contributed by atoms with E-state index in [2.05, 4.69) is 47.4 Å². The molecule has 0 saturated carbocycles. The van der Waals surface area contributed by atoms with Crippen molar-refractivity contribution in [1.82, 2.24) is 10.6 Å². The van der Waals surface area contributed by atoms with Crippen molar-refractivity contribution < 1.29 is 4.79 Å². The van der Waals surface area contributed by atoms with Crippen LogP contribution in [-0.2, 0) is 4.79 Å². The third-order valence-corrected chi connectivity index (χ3v) is 5.02. The van der Waals surface area contributed by atoms with Crippen molar-refractivity contribution in [2.75, 3.05) is 6.54 Å². The van der Waals surface area contributed by atoms with E-state index in [1.165, 1.54) is 9.75 Å². The Balaban J connectivity index is 2.04. The minimum atomic E-state index is -0.224. The molecule has 114 valence electrons. The second kappa shape index (κ2) is 7.73. The van der Waals surface area contributed by atoms with Gasteiger partial charge in [-0.2, -0.15) is 0 Å². The fourth-order valence-electron chi connectivity index (χ4n) is 2.00. The molecule has 2 heterocycles. The highest BCUT2D eigenvalue weighted by Gasteiger charge is 2.22. The Kier molecular flexibility index (Phi) is 5.96. The summed E-state index contributed by atoms with van der Waals surface area (Å²) in [5.41, 5.74) is 0. The van der Waals surface area contributed by atoms with E-state index in [0.29, 0.717) is 12.5 Å². The predicted octanol–water partition coefficient (Wildman–Crippen LogP) is 3.65. The van der Waals surface area contributed by atoms with E-state index >= 15 is 0 Å². The molecule has 0 bridgehead atoms. The van der Waals surface area contributed by atoms with Gasteiger partial charge in [0.1, 0.15) is 0 Å². The van der Waals surface area contributed by atoms with Gasteiger partial charge >= 0.3 is 0 Å². The maximum absolute atomic E-state index is 12.2. The van der Waals surface area contributed by atoms with Crippen LogP contribution < -0.4 is 10.6 Å². The van der Waals surface area contributed by atoms with E-state index < -0.39 is 0 Å². The smallest absolute Gasteiger partial charge is 0.236 e. The Morgan fingerprint density at radius 2 is 1.67 bits per heavy atom. The van der Waals surface area contributed by atoms with Crippen molar-refractivity contribution in [3.63, 3.8) is 0 Å². The molecule has 2 N–H and O–H groups in total. The Hall–Kier alpha value is -1.17. The molecule has 0 aliphatic rings. The van der Waals surface area contributed by atoms with Crippen LogP contribution in [0.3, 0.4) is 0 Å². The maximum Gasteiger partial charge on any atom is 0.236 e. The molecule has 1 amide bonds. The summed E-state index contributed by atoms with van der Waals surface area (Å²) in [7, 11) is 0. The third-order valence-electron chi connectivity index (χ3n) is 3.15. The van der Waals surface area contributed by atoms with Gasteiger partial charge < -0.3 is 5.32 Å². The zero-order valence-electron chi connectivity index (χ0n) is 12.6. The van der Waals surface area contributed by atoms with Crippen LogP contribution in [0.5, 0.6) is 0 Å². The molecular formula is C16H22N2OS2. The lowest BCUT2D eigenvalue weighted by Gasteiger charge is -2.21. The van der Waals surface area contributed by atoms with Crippen molar-refractivity contribution in [1.29, 1.82) is 0 Å². The monoisotopic (exact) mass is 322 g/mol. The van der Waals surface area contributed by atoms with E-state index in [1.54, 1.807) is 22.7 Å². The fraction of sp³-hybridized carbons (Fsp3) is 0.438. The largest absolute Gasteiger partial charge is 0.354 e. The Morgan fingerprint density at radius 3 is 2.10 bits per heavy atom. The molecule has 0 aromatic carbocycles.